The molecule has 1 aromatic rings. The van der Waals surface area contributed by atoms with Crippen LogP contribution in [0.5, 0.6) is 0 Å². The smallest absolute Gasteiger partial charge is 0.253 e. The fourth-order valence-electron chi connectivity index (χ4n) is 2.37. The van der Waals surface area contributed by atoms with E-state index in [0.29, 0.717) is 5.02 Å². The molecule has 1 unspecified atom stereocenters. The van der Waals surface area contributed by atoms with E-state index in [2.05, 4.69) is 12.2 Å². The zero-order chi connectivity index (χ0) is 15.9. The van der Waals surface area contributed by atoms with E-state index >= 15 is 0 Å². The summed E-state index contributed by atoms with van der Waals surface area (Å²) in [6.07, 6.45) is 4.93. The van der Waals surface area contributed by atoms with Gasteiger partial charge in [-0.15, -0.1) is 0 Å². The normalized spacial score (nSPS) is 14.0. The van der Waals surface area contributed by atoms with Crippen molar-refractivity contribution in [2.75, 3.05) is 0 Å². The van der Waals surface area contributed by atoms with Crippen molar-refractivity contribution in [3.05, 3.63) is 34.9 Å². The second kappa shape index (κ2) is 8.87. The number of hydrogen-bond acceptors (Lipinski definition) is 1. The van der Waals surface area contributed by atoms with Gasteiger partial charge in [0.2, 0.25) is 0 Å². The summed E-state index contributed by atoms with van der Waals surface area (Å²) in [5.74, 6) is -0.341. The summed E-state index contributed by atoms with van der Waals surface area (Å²) in [6, 6.07) is 7.67. The highest BCUT2D eigenvalue weighted by atomic mass is 35.5. The van der Waals surface area contributed by atoms with Crippen molar-refractivity contribution in [3.8, 4) is 0 Å². The van der Waals surface area contributed by atoms with Crippen molar-refractivity contribution >= 4 is 40.7 Å². The Morgan fingerprint density at radius 1 is 1.24 bits per heavy atom. The van der Waals surface area contributed by atoms with Gasteiger partial charge in [0.25, 0.3) is 5.91 Å². The lowest BCUT2D eigenvalue weighted by molar-refractivity contribution is -0.121. The third-order valence-electron chi connectivity index (χ3n) is 3.46. The number of carbonyl (C=O) groups excluding carboxylic acids is 1. The van der Waals surface area contributed by atoms with Gasteiger partial charge in [0.05, 0.1) is 0 Å². The number of amides is 1. The fourth-order valence-corrected chi connectivity index (χ4v) is 2.60. The van der Waals surface area contributed by atoms with Gasteiger partial charge in [-0.05, 0) is 37.5 Å². The van der Waals surface area contributed by atoms with Gasteiger partial charge in [-0.2, -0.15) is 0 Å². The van der Waals surface area contributed by atoms with Crippen LogP contribution in [0.15, 0.2) is 24.3 Å². The molecule has 2 nitrogen and oxygen atoms in total. The molecule has 0 bridgehead atoms. The molecule has 0 saturated carbocycles. The highest BCUT2D eigenvalue weighted by molar-refractivity contribution is 6.53. The van der Waals surface area contributed by atoms with Gasteiger partial charge >= 0.3 is 0 Å². The molecule has 0 heterocycles. The lowest BCUT2D eigenvalue weighted by Crippen LogP contribution is -2.49. The topological polar surface area (TPSA) is 29.1 Å². The van der Waals surface area contributed by atoms with Gasteiger partial charge in [-0.3, -0.25) is 4.79 Å². The van der Waals surface area contributed by atoms with Crippen LogP contribution in [-0.2, 0) is 11.2 Å². The van der Waals surface area contributed by atoms with Crippen LogP contribution < -0.4 is 5.32 Å². The zero-order valence-corrected chi connectivity index (χ0v) is 14.7. The molecule has 1 rings (SSSR count). The van der Waals surface area contributed by atoms with Crippen LogP contribution in [-0.4, -0.2) is 16.3 Å². The Morgan fingerprint density at radius 3 is 2.38 bits per heavy atom. The average molecular weight is 351 g/mol. The minimum Gasteiger partial charge on any atom is -0.348 e. The van der Waals surface area contributed by atoms with Gasteiger partial charge < -0.3 is 5.32 Å². The summed E-state index contributed by atoms with van der Waals surface area (Å²) in [4.78, 5) is 10.8. The summed E-state index contributed by atoms with van der Waals surface area (Å²) in [7, 11) is 0. The Labute approximate surface area is 142 Å². The molecule has 5 heteroatoms. The third kappa shape index (κ3) is 6.90. The minimum absolute atomic E-state index is 0.341. The van der Waals surface area contributed by atoms with E-state index in [4.69, 9.17) is 34.8 Å². The number of benzene rings is 1. The van der Waals surface area contributed by atoms with Crippen molar-refractivity contribution in [1.82, 2.24) is 5.32 Å². The molecular weight excluding hydrogens is 329 g/mol. The van der Waals surface area contributed by atoms with Crippen molar-refractivity contribution < 1.29 is 4.79 Å². The van der Waals surface area contributed by atoms with Crippen LogP contribution in [0.25, 0.3) is 0 Å². The van der Waals surface area contributed by atoms with Crippen molar-refractivity contribution in [2.24, 2.45) is 0 Å². The number of unbranched alkanes of at least 4 members (excludes halogenated alkanes) is 2. The Bertz CT molecular complexity index is 447. The molecule has 0 aliphatic carbocycles. The molecule has 1 amide bonds. The first kappa shape index (κ1) is 18.6. The Balaban J connectivity index is 2.79. The summed E-state index contributed by atoms with van der Waals surface area (Å²) in [5.41, 5.74) is 0.765. The van der Waals surface area contributed by atoms with Crippen LogP contribution in [0.1, 0.15) is 45.1 Å². The van der Waals surface area contributed by atoms with E-state index < -0.39 is 4.84 Å². The lowest BCUT2D eigenvalue weighted by Gasteiger charge is -2.31. The predicted molar refractivity (Wildman–Crippen MR) is 91.3 cm³/mol. The monoisotopic (exact) mass is 349 g/mol. The summed E-state index contributed by atoms with van der Waals surface area (Å²) < 4.78 is 0. The molecule has 0 aromatic heterocycles. The Morgan fingerprint density at radius 2 is 1.86 bits per heavy atom. The van der Waals surface area contributed by atoms with Gasteiger partial charge in [-0.25, -0.2) is 0 Å². The lowest BCUT2D eigenvalue weighted by atomic mass is 9.87. The molecule has 0 radical (unpaired) electrons. The molecule has 1 aromatic carbocycles. The number of nitrogens with one attached hydrogen (secondary N) is 1. The highest BCUT2D eigenvalue weighted by Crippen LogP contribution is 2.22. The highest BCUT2D eigenvalue weighted by Gasteiger charge is 2.28. The second-order valence-corrected chi connectivity index (χ2v) is 7.14. The molecule has 1 atom stereocenters. The van der Waals surface area contributed by atoms with Crippen LogP contribution in [0.4, 0.5) is 0 Å². The van der Waals surface area contributed by atoms with Crippen molar-refractivity contribution in [2.45, 2.75) is 56.3 Å². The van der Waals surface area contributed by atoms with Gasteiger partial charge in [-0.1, -0.05) is 73.1 Å². The first-order valence-electron chi connectivity index (χ1n) is 7.21. The summed E-state index contributed by atoms with van der Waals surface area (Å²) >= 11 is 17.2. The summed E-state index contributed by atoms with van der Waals surface area (Å²) in [5, 5.41) is 3.68. The second-order valence-electron chi connectivity index (χ2n) is 5.61. The van der Waals surface area contributed by atoms with Crippen LogP contribution in [0.3, 0.4) is 0 Å². The molecule has 0 aliphatic rings. The zero-order valence-electron chi connectivity index (χ0n) is 12.5. The molecule has 118 valence electrons. The van der Waals surface area contributed by atoms with Gasteiger partial charge in [0.15, 0.2) is 4.84 Å². The maximum absolute atomic E-state index is 11.8. The number of carbonyl (C=O) groups is 1. The maximum Gasteiger partial charge on any atom is 0.253 e. The van der Waals surface area contributed by atoms with Gasteiger partial charge in [0, 0.05) is 10.6 Å². The number of halogens is 3. The van der Waals surface area contributed by atoms with Crippen LogP contribution >= 0.6 is 34.8 Å². The molecule has 0 aliphatic heterocycles. The SMILES string of the molecule is CCCCCC(C)(Cc1ccc(Cl)cc1)NC(=O)C(Cl)Cl. The largest absolute Gasteiger partial charge is 0.348 e. The molecule has 1 N–H and O–H groups in total. The van der Waals surface area contributed by atoms with E-state index in [9.17, 15) is 4.79 Å². The van der Waals surface area contributed by atoms with Crippen molar-refractivity contribution in [3.63, 3.8) is 0 Å². The van der Waals surface area contributed by atoms with Crippen LogP contribution in [0, 0.1) is 0 Å². The molecule has 0 spiro atoms. The number of alkyl halides is 2. The van der Waals surface area contributed by atoms with E-state index in [0.717, 1.165) is 37.7 Å². The van der Waals surface area contributed by atoms with Crippen molar-refractivity contribution in [1.29, 1.82) is 0 Å². The first-order valence-corrected chi connectivity index (χ1v) is 8.46. The van der Waals surface area contributed by atoms with E-state index in [1.165, 1.54) is 0 Å². The summed E-state index contributed by atoms with van der Waals surface area (Å²) in [6.45, 7) is 4.19. The fraction of sp³-hybridized carbons (Fsp3) is 0.562. The maximum atomic E-state index is 11.8. The van der Waals surface area contributed by atoms with E-state index in [1.807, 2.05) is 31.2 Å². The van der Waals surface area contributed by atoms with E-state index in [1.54, 1.807) is 0 Å². The average Bonchev–Trinajstić information content (AvgIpc) is 2.41. The minimum atomic E-state index is -1.04. The first-order chi connectivity index (χ1) is 9.86. The standard InChI is InChI=1S/C16H22Cl3NO/c1-3-4-5-10-16(2,20-15(21)14(18)19)11-12-6-8-13(17)9-7-12/h6-9,14H,3-5,10-11H2,1-2H3,(H,20,21). The quantitative estimate of drug-likeness (QED) is 0.510. The van der Waals surface area contributed by atoms with E-state index in [-0.39, 0.29) is 11.4 Å². The number of rotatable bonds is 8. The molecule has 0 fully saturated rings. The molecule has 0 saturated heterocycles. The Hall–Kier alpha value is -0.440. The third-order valence-corrected chi connectivity index (χ3v) is 4.11. The number of hydrogen-bond donors (Lipinski definition) is 1. The molecular formula is C16H22Cl3NO. The molecule has 21 heavy (non-hydrogen) atoms. The predicted octanol–water partition coefficient (Wildman–Crippen LogP) is 5.14. The Kier molecular flexibility index (Phi) is 7.86. The van der Waals surface area contributed by atoms with Crippen LogP contribution in [0.2, 0.25) is 5.02 Å². The van der Waals surface area contributed by atoms with Gasteiger partial charge in [0.1, 0.15) is 0 Å².